The molecule has 0 spiro atoms. The molecule has 0 aromatic rings. The Morgan fingerprint density at radius 3 is 2.52 bits per heavy atom. The fourth-order valence-corrected chi connectivity index (χ4v) is 2.76. The summed E-state index contributed by atoms with van der Waals surface area (Å²) < 4.78 is 10.1. The van der Waals surface area contributed by atoms with E-state index in [-0.39, 0.29) is 17.7 Å². The lowest BCUT2D eigenvalue weighted by molar-refractivity contribution is -0.137. The molecule has 1 aliphatic heterocycles. The maximum Gasteiger partial charge on any atom is 0.410 e. The van der Waals surface area contributed by atoms with E-state index in [9.17, 15) is 14.7 Å². The Kier molecular flexibility index (Phi) is 7.06. The molecule has 1 rings (SSSR count). The first-order valence-electron chi connectivity index (χ1n) is 8.11. The van der Waals surface area contributed by atoms with Gasteiger partial charge in [-0.2, -0.15) is 0 Å². The maximum absolute atomic E-state index is 12.4. The Balaban J connectivity index is 2.78. The van der Waals surface area contributed by atoms with E-state index in [0.717, 1.165) is 19.3 Å². The van der Waals surface area contributed by atoms with Crippen LogP contribution < -0.4 is 0 Å². The van der Waals surface area contributed by atoms with Crippen molar-refractivity contribution in [1.29, 1.82) is 0 Å². The minimum absolute atomic E-state index is 0.145. The number of carbonyl (C=O) groups is 2. The van der Waals surface area contributed by atoms with Crippen molar-refractivity contribution in [3.05, 3.63) is 11.6 Å². The van der Waals surface area contributed by atoms with Gasteiger partial charge in [-0.15, -0.1) is 0 Å². The van der Waals surface area contributed by atoms with Crippen LogP contribution in [0.15, 0.2) is 11.6 Å². The number of allylic oxidation sites excluding steroid dienone is 1. The minimum Gasteiger partial charge on any atom is -0.466 e. The minimum atomic E-state index is -0.958. The molecule has 1 aliphatic rings. The molecule has 1 amide bonds. The Morgan fingerprint density at radius 1 is 1.35 bits per heavy atom. The molecule has 6 heteroatoms. The highest BCUT2D eigenvalue weighted by molar-refractivity contribution is 5.89. The first-order chi connectivity index (χ1) is 10.7. The van der Waals surface area contributed by atoms with Crippen molar-refractivity contribution in [2.45, 2.75) is 71.1 Å². The molecular weight excluding hydrogens is 298 g/mol. The smallest absolute Gasteiger partial charge is 0.410 e. The number of esters is 1. The molecule has 1 fully saturated rings. The molecule has 0 radical (unpaired) electrons. The fourth-order valence-electron chi connectivity index (χ4n) is 2.76. The number of rotatable bonds is 4. The van der Waals surface area contributed by atoms with Crippen molar-refractivity contribution >= 4 is 12.1 Å². The van der Waals surface area contributed by atoms with Crippen LogP contribution in [0.2, 0.25) is 0 Å². The Morgan fingerprint density at radius 2 is 2.00 bits per heavy atom. The number of aliphatic hydroxyl groups is 1. The normalized spacial score (nSPS) is 20.9. The van der Waals surface area contributed by atoms with Crippen molar-refractivity contribution < 1.29 is 24.2 Å². The highest BCUT2D eigenvalue weighted by atomic mass is 16.6. The molecule has 132 valence electrons. The van der Waals surface area contributed by atoms with E-state index in [1.54, 1.807) is 17.9 Å². The lowest BCUT2D eigenvalue weighted by Crippen LogP contribution is -2.47. The molecule has 1 heterocycles. The van der Waals surface area contributed by atoms with Gasteiger partial charge in [-0.25, -0.2) is 9.59 Å². The first kappa shape index (κ1) is 19.5. The number of ether oxygens (including phenoxy) is 2. The zero-order chi connectivity index (χ0) is 17.6. The van der Waals surface area contributed by atoms with E-state index in [0.29, 0.717) is 13.0 Å². The Labute approximate surface area is 138 Å². The summed E-state index contributed by atoms with van der Waals surface area (Å²) in [4.78, 5) is 25.7. The van der Waals surface area contributed by atoms with Gasteiger partial charge in [-0.05, 0) is 53.4 Å². The van der Waals surface area contributed by atoms with Crippen molar-refractivity contribution in [1.82, 2.24) is 4.90 Å². The summed E-state index contributed by atoms with van der Waals surface area (Å²) in [5, 5.41) is 10.3. The average molecular weight is 327 g/mol. The van der Waals surface area contributed by atoms with Gasteiger partial charge >= 0.3 is 12.1 Å². The van der Waals surface area contributed by atoms with E-state index in [1.807, 2.05) is 20.8 Å². The standard InChI is InChI=1S/C17H29NO5/c1-6-13(15(20)22-5)14(19)11-12-9-7-8-10-18(12)16(21)23-17(2,3)4/h6,12,14,19H,7-11H2,1-5H3/b13-6-. The van der Waals surface area contributed by atoms with Crippen LogP contribution in [0.3, 0.4) is 0 Å². The molecular formula is C17H29NO5. The van der Waals surface area contributed by atoms with E-state index in [1.165, 1.54) is 7.11 Å². The number of hydrogen-bond donors (Lipinski definition) is 1. The summed E-state index contributed by atoms with van der Waals surface area (Å²) in [6, 6.07) is -0.145. The SMILES string of the molecule is C/C=C(\C(=O)OC)C(O)CC1CCCCN1C(=O)OC(C)(C)C. The molecule has 2 unspecified atom stereocenters. The fraction of sp³-hybridized carbons (Fsp3) is 0.765. The highest BCUT2D eigenvalue weighted by Gasteiger charge is 2.33. The zero-order valence-electron chi connectivity index (χ0n) is 14.8. The van der Waals surface area contributed by atoms with Crippen molar-refractivity contribution in [2.75, 3.05) is 13.7 Å². The van der Waals surface area contributed by atoms with Crippen molar-refractivity contribution in [3.63, 3.8) is 0 Å². The summed E-state index contributed by atoms with van der Waals surface area (Å²) in [5.41, 5.74) is -0.333. The molecule has 2 atom stereocenters. The van der Waals surface area contributed by atoms with Gasteiger partial charge in [-0.3, -0.25) is 0 Å². The molecule has 0 saturated carbocycles. The molecule has 1 N–H and O–H groups in total. The van der Waals surface area contributed by atoms with Crippen LogP contribution in [0.5, 0.6) is 0 Å². The van der Waals surface area contributed by atoms with Gasteiger partial charge in [0.2, 0.25) is 0 Å². The molecule has 23 heavy (non-hydrogen) atoms. The lowest BCUT2D eigenvalue weighted by atomic mass is 9.94. The number of likely N-dealkylation sites (tertiary alicyclic amines) is 1. The topological polar surface area (TPSA) is 76.1 Å². The van der Waals surface area contributed by atoms with Gasteiger partial charge in [-0.1, -0.05) is 6.08 Å². The van der Waals surface area contributed by atoms with Crippen molar-refractivity contribution in [3.8, 4) is 0 Å². The summed E-state index contributed by atoms with van der Waals surface area (Å²) in [6.45, 7) is 7.77. The highest BCUT2D eigenvalue weighted by Crippen LogP contribution is 2.25. The maximum atomic E-state index is 12.4. The van der Waals surface area contributed by atoms with Gasteiger partial charge in [0.25, 0.3) is 0 Å². The van der Waals surface area contributed by atoms with Crippen LogP contribution in [0.4, 0.5) is 4.79 Å². The van der Waals surface area contributed by atoms with Crippen molar-refractivity contribution in [2.24, 2.45) is 0 Å². The number of nitrogens with zero attached hydrogens (tertiary/aromatic N) is 1. The summed E-state index contributed by atoms with van der Waals surface area (Å²) in [6.07, 6.45) is 3.22. The monoisotopic (exact) mass is 327 g/mol. The molecule has 0 aromatic heterocycles. The lowest BCUT2D eigenvalue weighted by Gasteiger charge is -2.37. The van der Waals surface area contributed by atoms with E-state index < -0.39 is 17.7 Å². The second-order valence-electron chi connectivity index (χ2n) is 6.81. The molecule has 0 aliphatic carbocycles. The van der Waals surface area contributed by atoms with Crippen LogP contribution in [-0.4, -0.2) is 53.5 Å². The van der Waals surface area contributed by atoms with Crippen LogP contribution in [0.1, 0.15) is 53.4 Å². The van der Waals surface area contributed by atoms with E-state index in [2.05, 4.69) is 4.74 Å². The van der Waals surface area contributed by atoms with Crippen LogP contribution in [0, 0.1) is 0 Å². The number of hydrogen-bond acceptors (Lipinski definition) is 5. The molecule has 0 bridgehead atoms. The van der Waals surface area contributed by atoms with Crippen LogP contribution in [-0.2, 0) is 14.3 Å². The summed E-state index contributed by atoms with van der Waals surface area (Å²) in [5.74, 6) is -0.542. The van der Waals surface area contributed by atoms with Gasteiger partial charge in [0.05, 0.1) is 18.8 Å². The number of amides is 1. The molecule has 0 aromatic carbocycles. The molecule has 6 nitrogen and oxygen atoms in total. The summed E-state index contributed by atoms with van der Waals surface area (Å²) >= 11 is 0. The number of methoxy groups -OCH3 is 1. The third kappa shape index (κ3) is 5.86. The van der Waals surface area contributed by atoms with Gasteiger partial charge in [0.15, 0.2) is 0 Å². The second-order valence-corrected chi connectivity index (χ2v) is 6.81. The average Bonchev–Trinajstić information content (AvgIpc) is 2.46. The third-order valence-corrected chi connectivity index (χ3v) is 3.84. The second kappa shape index (κ2) is 8.34. The van der Waals surface area contributed by atoms with Crippen LogP contribution >= 0.6 is 0 Å². The zero-order valence-corrected chi connectivity index (χ0v) is 14.8. The predicted molar refractivity (Wildman–Crippen MR) is 87.0 cm³/mol. The Hall–Kier alpha value is -1.56. The third-order valence-electron chi connectivity index (χ3n) is 3.84. The summed E-state index contributed by atoms with van der Waals surface area (Å²) in [7, 11) is 1.28. The number of carbonyl (C=O) groups excluding carboxylic acids is 2. The quantitative estimate of drug-likeness (QED) is 0.634. The number of aliphatic hydroxyl groups excluding tert-OH is 1. The molecule has 1 saturated heterocycles. The van der Waals surface area contributed by atoms with Crippen LogP contribution in [0.25, 0.3) is 0 Å². The Bertz CT molecular complexity index is 452. The predicted octanol–water partition coefficient (Wildman–Crippen LogP) is 2.65. The van der Waals surface area contributed by atoms with Gasteiger partial charge in [0.1, 0.15) is 5.60 Å². The van der Waals surface area contributed by atoms with Gasteiger partial charge < -0.3 is 19.5 Å². The number of piperidine rings is 1. The van der Waals surface area contributed by atoms with E-state index in [4.69, 9.17) is 4.74 Å². The first-order valence-corrected chi connectivity index (χ1v) is 8.11. The largest absolute Gasteiger partial charge is 0.466 e. The van der Waals surface area contributed by atoms with Gasteiger partial charge in [0, 0.05) is 12.6 Å². The van der Waals surface area contributed by atoms with E-state index >= 15 is 0 Å².